The number of halogens is 1. The molecular formula is C17H20ClN. The van der Waals surface area contributed by atoms with Gasteiger partial charge in [0, 0.05) is 17.1 Å². The molecule has 0 aromatic heterocycles. The topological polar surface area (TPSA) is 12.0 Å². The first kappa shape index (κ1) is 14.1. The molecule has 1 N–H and O–H groups in total. The summed E-state index contributed by atoms with van der Waals surface area (Å²) < 4.78 is 0. The van der Waals surface area contributed by atoms with Gasteiger partial charge in [0.05, 0.1) is 0 Å². The van der Waals surface area contributed by atoms with Gasteiger partial charge in [-0.25, -0.2) is 0 Å². The van der Waals surface area contributed by atoms with Crippen molar-refractivity contribution in [3.63, 3.8) is 0 Å². The third-order valence-corrected chi connectivity index (χ3v) is 3.76. The van der Waals surface area contributed by atoms with E-state index in [4.69, 9.17) is 11.6 Å². The van der Waals surface area contributed by atoms with Crippen molar-refractivity contribution >= 4 is 11.6 Å². The van der Waals surface area contributed by atoms with Crippen LogP contribution in [0, 0.1) is 6.92 Å². The van der Waals surface area contributed by atoms with Crippen LogP contribution in [0.1, 0.15) is 42.6 Å². The molecule has 2 aromatic carbocycles. The number of hydrogen-bond acceptors (Lipinski definition) is 1. The highest BCUT2D eigenvalue weighted by molar-refractivity contribution is 6.31. The van der Waals surface area contributed by atoms with Gasteiger partial charge < -0.3 is 5.32 Å². The van der Waals surface area contributed by atoms with E-state index < -0.39 is 0 Å². The molecule has 2 aromatic rings. The molecule has 0 fully saturated rings. The minimum absolute atomic E-state index is 0.226. The van der Waals surface area contributed by atoms with E-state index in [1.54, 1.807) is 0 Å². The van der Waals surface area contributed by atoms with Gasteiger partial charge in [-0.05, 0) is 38.0 Å². The summed E-state index contributed by atoms with van der Waals surface area (Å²) in [6.45, 7) is 6.45. The highest BCUT2D eigenvalue weighted by Gasteiger charge is 2.13. The Labute approximate surface area is 120 Å². The van der Waals surface area contributed by atoms with Crippen LogP contribution in [-0.4, -0.2) is 0 Å². The van der Waals surface area contributed by atoms with E-state index in [0.717, 1.165) is 10.6 Å². The van der Waals surface area contributed by atoms with Crippen LogP contribution in [0.2, 0.25) is 5.02 Å². The molecule has 0 heterocycles. The highest BCUT2D eigenvalue weighted by Crippen LogP contribution is 2.25. The van der Waals surface area contributed by atoms with Crippen molar-refractivity contribution in [2.45, 2.75) is 32.9 Å². The second-order valence-corrected chi connectivity index (χ2v) is 5.45. The summed E-state index contributed by atoms with van der Waals surface area (Å²) in [7, 11) is 0. The van der Waals surface area contributed by atoms with Gasteiger partial charge in [0.1, 0.15) is 0 Å². The van der Waals surface area contributed by atoms with Crippen molar-refractivity contribution in [3.8, 4) is 0 Å². The number of benzene rings is 2. The third-order valence-electron chi connectivity index (χ3n) is 3.41. The minimum Gasteiger partial charge on any atom is -0.304 e. The number of nitrogens with one attached hydrogen (secondary N) is 1. The third kappa shape index (κ3) is 3.59. The van der Waals surface area contributed by atoms with Gasteiger partial charge in [0.2, 0.25) is 0 Å². The smallest absolute Gasteiger partial charge is 0.0453 e. The molecule has 2 atom stereocenters. The summed E-state index contributed by atoms with van der Waals surface area (Å²) in [6.07, 6.45) is 0. The number of rotatable bonds is 4. The van der Waals surface area contributed by atoms with Crippen LogP contribution < -0.4 is 5.32 Å². The van der Waals surface area contributed by atoms with Crippen molar-refractivity contribution in [2.75, 3.05) is 0 Å². The minimum atomic E-state index is 0.226. The molecule has 0 spiro atoms. The molecule has 0 bridgehead atoms. The van der Waals surface area contributed by atoms with E-state index in [9.17, 15) is 0 Å². The van der Waals surface area contributed by atoms with Crippen molar-refractivity contribution in [1.82, 2.24) is 5.32 Å². The molecule has 19 heavy (non-hydrogen) atoms. The number of aryl methyl sites for hydroxylation is 1. The van der Waals surface area contributed by atoms with Crippen LogP contribution in [0.5, 0.6) is 0 Å². The molecule has 1 unspecified atom stereocenters. The predicted molar refractivity (Wildman–Crippen MR) is 82.6 cm³/mol. The lowest BCUT2D eigenvalue weighted by atomic mass is 10.0. The molecule has 0 saturated heterocycles. The maximum absolute atomic E-state index is 6.23. The zero-order valence-corrected chi connectivity index (χ0v) is 12.4. The monoisotopic (exact) mass is 273 g/mol. The first-order chi connectivity index (χ1) is 9.08. The molecule has 0 aliphatic heterocycles. The SMILES string of the molecule is Cc1cccc([C@@H](C)NC(C)c2ccccc2Cl)c1. The fourth-order valence-corrected chi connectivity index (χ4v) is 2.63. The largest absolute Gasteiger partial charge is 0.304 e. The molecule has 0 amide bonds. The first-order valence-corrected chi connectivity index (χ1v) is 7.03. The Hall–Kier alpha value is -1.31. The van der Waals surface area contributed by atoms with Crippen molar-refractivity contribution in [3.05, 3.63) is 70.2 Å². The van der Waals surface area contributed by atoms with Crippen molar-refractivity contribution < 1.29 is 0 Å². The fourth-order valence-electron chi connectivity index (χ4n) is 2.33. The number of hydrogen-bond donors (Lipinski definition) is 1. The van der Waals surface area contributed by atoms with E-state index in [1.165, 1.54) is 11.1 Å². The maximum atomic E-state index is 6.23. The summed E-state index contributed by atoms with van der Waals surface area (Å²) in [6, 6.07) is 17.1. The maximum Gasteiger partial charge on any atom is 0.0453 e. The zero-order chi connectivity index (χ0) is 13.8. The van der Waals surface area contributed by atoms with E-state index in [2.05, 4.69) is 56.4 Å². The molecular weight excluding hydrogens is 254 g/mol. The second-order valence-electron chi connectivity index (χ2n) is 5.05. The van der Waals surface area contributed by atoms with Gasteiger partial charge in [-0.2, -0.15) is 0 Å². The molecule has 0 aliphatic rings. The Morgan fingerprint density at radius 1 is 0.947 bits per heavy atom. The molecule has 2 rings (SSSR count). The summed E-state index contributed by atoms with van der Waals surface area (Å²) in [5.41, 5.74) is 3.74. The molecule has 0 saturated carbocycles. The van der Waals surface area contributed by atoms with Gasteiger partial charge in [-0.1, -0.05) is 59.6 Å². The van der Waals surface area contributed by atoms with E-state index in [1.807, 2.05) is 18.2 Å². The zero-order valence-electron chi connectivity index (χ0n) is 11.7. The Balaban J connectivity index is 2.11. The van der Waals surface area contributed by atoms with E-state index in [0.29, 0.717) is 6.04 Å². The summed E-state index contributed by atoms with van der Waals surface area (Å²) in [4.78, 5) is 0. The Bertz CT molecular complexity index is 550. The van der Waals surface area contributed by atoms with E-state index >= 15 is 0 Å². The standard InChI is InChI=1S/C17H20ClN/c1-12-7-6-8-15(11-12)13(2)19-14(3)16-9-4-5-10-17(16)18/h4-11,13-14,19H,1-3H3/t13-,14?/m1/s1. The predicted octanol–water partition coefficient (Wildman–Crippen LogP) is 5.06. The highest BCUT2D eigenvalue weighted by atomic mass is 35.5. The van der Waals surface area contributed by atoms with Gasteiger partial charge in [0.25, 0.3) is 0 Å². The molecule has 0 aliphatic carbocycles. The summed E-state index contributed by atoms with van der Waals surface area (Å²) in [5.74, 6) is 0. The van der Waals surface area contributed by atoms with Crippen LogP contribution in [0.15, 0.2) is 48.5 Å². The first-order valence-electron chi connectivity index (χ1n) is 6.65. The van der Waals surface area contributed by atoms with Crippen LogP contribution in [-0.2, 0) is 0 Å². The van der Waals surface area contributed by atoms with Gasteiger partial charge in [-0.3, -0.25) is 0 Å². The quantitative estimate of drug-likeness (QED) is 0.821. The van der Waals surface area contributed by atoms with Crippen LogP contribution in [0.25, 0.3) is 0 Å². The lowest BCUT2D eigenvalue weighted by Gasteiger charge is -2.22. The van der Waals surface area contributed by atoms with Crippen molar-refractivity contribution in [1.29, 1.82) is 0 Å². The van der Waals surface area contributed by atoms with Crippen LogP contribution in [0.4, 0.5) is 0 Å². The average molecular weight is 274 g/mol. The van der Waals surface area contributed by atoms with Crippen molar-refractivity contribution in [2.24, 2.45) is 0 Å². The fraction of sp³-hybridized carbons (Fsp3) is 0.294. The lowest BCUT2D eigenvalue weighted by molar-refractivity contribution is 0.494. The normalized spacial score (nSPS) is 14.1. The van der Waals surface area contributed by atoms with Gasteiger partial charge in [-0.15, -0.1) is 0 Å². The average Bonchev–Trinajstić information content (AvgIpc) is 2.39. The Morgan fingerprint density at radius 3 is 2.37 bits per heavy atom. The molecule has 1 nitrogen and oxygen atoms in total. The summed E-state index contributed by atoms with van der Waals surface area (Å²) >= 11 is 6.23. The molecule has 0 radical (unpaired) electrons. The van der Waals surface area contributed by atoms with Crippen LogP contribution in [0.3, 0.4) is 0 Å². The Morgan fingerprint density at radius 2 is 1.68 bits per heavy atom. The van der Waals surface area contributed by atoms with Gasteiger partial charge >= 0.3 is 0 Å². The second kappa shape index (κ2) is 6.23. The molecule has 2 heteroatoms. The lowest BCUT2D eigenvalue weighted by Crippen LogP contribution is -2.22. The summed E-state index contributed by atoms with van der Waals surface area (Å²) in [5, 5.41) is 4.41. The van der Waals surface area contributed by atoms with E-state index in [-0.39, 0.29) is 6.04 Å². The van der Waals surface area contributed by atoms with Gasteiger partial charge in [0.15, 0.2) is 0 Å². The molecule has 100 valence electrons. The Kier molecular flexibility index (Phi) is 4.62. The van der Waals surface area contributed by atoms with Crippen LogP contribution >= 0.6 is 11.6 Å².